The molecule has 0 saturated carbocycles. The van der Waals surface area contributed by atoms with E-state index in [9.17, 15) is 8.42 Å². The van der Waals surface area contributed by atoms with E-state index in [0.717, 1.165) is 0 Å². The number of hydrogen-bond donors (Lipinski definition) is 1. The van der Waals surface area contributed by atoms with Crippen molar-refractivity contribution in [3.63, 3.8) is 0 Å². The van der Waals surface area contributed by atoms with E-state index >= 15 is 0 Å². The number of sulfonamides is 1. The van der Waals surface area contributed by atoms with Gasteiger partial charge in [-0.1, -0.05) is 6.07 Å². The van der Waals surface area contributed by atoms with Gasteiger partial charge in [0.2, 0.25) is 10.0 Å². The Morgan fingerprint density at radius 3 is 2.44 bits per heavy atom. The SMILES string of the molecule is C[C@@H]1CN(S(=O)(=O)c2cccc(N)c2)C[C@H](C)O1. The van der Waals surface area contributed by atoms with Crippen molar-refractivity contribution in [2.24, 2.45) is 0 Å². The molecule has 0 unspecified atom stereocenters. The van der Waals surface area contributed by atoms with Crippen molar-refractivity contribution in [1.29, 1.82) is 0 Å². The smallest absolute Gasteiger partial charge is 0.243 e. The van der Waals surface area contributed by atoms with Crippen molar-refractivity contribution in [3.8, 4) is 0 Å². The summed E-state index contributed by atoms with van der Waals surface area (Å²) in [6.07, 6.45) is -0.186. The Labute approximate surface area is 108 Å². The minimum atomic E-state index is -3.48. The molecule has 1 aliphatic heterocycles. The van der Waals surface area contributed by atoms with Gasteiger partial charge in [-0.2, -0.15) is 4.31 Å². The summed E-state index contributed by atoms with van der Waals surface area (Å²) in [5.41, 5.74) is 6.08. The van der Waals surface area contributed by atoms with Crippen LogP contribution in [0.15, 0.2) is 29.2 Å². The molecule has 1 aromatic rings. The van der Waals surface area contributed by atoms with E-state index < -0.39 is 10.0 Å². The molecule has 0 aliphatic carbocycles. The van der Waals surface area contributed by atoms with E-state index in [2.05, 4.69) is 0 Å². The third kappa shape index (κ3) is 2.66. The molecule has 2 atom stereocenters. The Hall–Kier alpha value is -1.11. The van der Waals surface area contributed by atoms with Crippen molar-refractivity contribution >= 4 is 15.7 Å². The molecule has 6 heteroatoms. The summed E-state index contributed by atoms with van der Waals surface area (Å²) in [5.74, 6) is 0. The zero-order valence-corrected chi connectivity index (χ0v) is 11.4. The minimum absolute atomic E-state index is 0.0930. The first kappa shape index (κ1) is 13.3. The third-order valence-corrected chi connectivity index (χ3v) is 4.71. The number of ether oxygens (including phenoxy) is 1. The highest BCUT2D eigenvalue weighted by Crippen LogP contribution is 2.22. The lowest BCUT2D eigenvalue weighted by atomic mass is 10.3. The Morgan fingerprint density at radius 1 is 1.28 bits per heavy atom. The van der Waals surface area contributed by atoms with Gasteiger partial charge in [-0.3, -0.25) is 0 Å². The fourth-order valence-electron chi connectivity index (χ4n) is 2.15. The van der Waals surface area contributed by atoms with E-state index in [1.54, 1.807) is 18.2 Å². The van der Waals surface area contributed by atoms with Crippen molar-refractivity contribution < 1.29 is 13.2 Å². The third-order valence-electron chi connectivity index (χ3n) is 2.88. The standard InChI is InChI=1S/C12H18N2O3S/c1-9-7-14(8-10(2)17-9)18(15,16)12-5-3-4-11(13)6-12/h3-6,9-10H,7-8,13H2,1-2H3/t9-,10+. The lowest BCUT2D eigenvalue weighted by Crippen LogP contribution is -2.48. The summed E-state index contributed by atoms with van der Waals surface area (Å²) in [4.78, 5) is 0.240. The van der Waals surface area contributed by atoms with Crippen molar-refractivity contribution in [3.05, 3.63) is 24.3 Å². The molecule has 5 nitrogen and oxygen atoms in total. The topological polar surface area (TPSA) is 72.6 Å². The van der Waals surface area contributed by atoms with Crippen LogP contribution in [0.3, 0.4) is 0 Å². The minimum Gasteiger partial charge on any atom is -0.399 e. The highest BCUT2D eigenvalue weighted by Gasteiger charge is 2.32. The molecule has 0 aromatic heterocycles. The quantitative estimate of drug-likeness (QED) is 0.816. The summed E-state index contributed by atoms with van der Waals surface area (Å²) in [5, 5.41) is 0. The average Bonchev–Trinajstić information content (AvgIpc) is 2.27. The van der Waals surface area contributed by atoms with Crippen LogP contribution >= 0.6 is 0 Å². The zero-order valence-electron chi connectivity index (χ0n) is 10.5. The normalized spacial score (nSPS) is 26.1. The molecule has 1 saturated heterocycles. The Bertz CT molecular complexity index is 520. The Morgan fingerprint density at radius 2 is 1.89 bits per heavy atom. The van der Waals surface area contributed by atoms with Crippen LogP contribution in [0.4, 0.5) is 5.69 Å². The van der Waals surface area contributed by atoms with E-state index in [0.29, 0.717) is 18.8 Å². The van der Waals surface area contributed by atoms with Crippen LogP contribution in [0.2, 0.25) is 0 Å². The van der Waals surface area contributed by atoms with Crippen LogP contribution < -0.4 is 5.73 Å². The van der Waals surface area contributed by atoms with Crippen LogP contribution in [0.25, 0.3) is 0 Å². The zero-order chi connectivity index (χ0) is 13.3. The molecule has 0 amide bonds. The van der Waals surface area contributed by atoms with E-state index in [-0.39, 0.29) is 17.1 Å². The maximum Gasteiger partial charge on any atom is 0.243 e. The lowest BCUT2D eigenvalue weighted by Gasteiger charge is -2.34. The number of anilines is 1. The number of hydrogen-bond acceptors (Lipinski definition) is 4. The van der Waals surface area contributed by atoms with Gasteiger partial charge in [0, 0.05) is 18.8 Å². The predicted octanol–water partition coefficient (Wildman–Crippen LogP) is 1.07. The molecule has 100 valence electrons. The summed E-state index contributed by atoms with van der Waals surface area (Å²) in [6, 6.07) is 6.37. The molecule has 1 fully saturated rings. The predicted molar refractivity (Wildman–Crippen MR) is 69.6 cm³/mol. The van der Waals surface area contributed by atoms with Crippen LogP contribution in [0.1, 0.15) is 13.8 Å². The van der Waals surface area contributed by atoms with Crippen molar-refractivity contribution in [1.82, 2.24) is 4.31 Å². The second-order valence-electron chi connectivity index (χ2n) is 4.65. The average molecular weight is 270 g/mol. The Balaban J connectivity index is 2.31. The second-order valence-corrected chi connectivity index (χ2v) is 6.59. The van der Waals surface area contributed by atoms with Gasteiger partial charge in [0.1, 0.15) is 0 Å². The molecule has 2 rings (SSSR count). The number of nitrogens with zero attached hydrogens (tertiary/aromatic N) is 1. The molecule has 0 spiro atoms. The molecule has 1 aliphatic rings. The molecule has 2 N–H and O–H groups in total. The summed E-state index contributed by atoms with van der Waals surface area (Å²) >= 11 is 0. The van der Waals surface area contributed by atoms with E-state index in [4.69, 9.17) is 10.5 Å². The lowest BCUT2D eigenvalue weighted by molar-refractivity contribution is -0.0440. The number of benzene rings is 1. The van der Waals surface area contributed by atoms with Gasteiger partial charge < -0.3 is 10.5 Å². The molecule has 1 heterocycles. The largest absolute Gasteiger partial charge is 0.399 e. The van der Waals surface area contributed by atoms with E-state index in [1.165, 1.54) is 10.4 Å². The van der Waals surface area contributed by atoms with Gasteiger partial charge in [0.05, 0.1) is 17.1 Å². The number of nitrogens with two attached hydrogens (primary N) is 1. The van der Waals surface area contributed by atoms with Crippen molar-refractivity contribution in [2.75, 3.05) is 18.8 Å². The van der Waals surface area contributed by atoms with Crippen molar-refractivity contribution in [2.45, 2.75) is 31.0 Å². The van der Waals surface area contributed by atoms with Crippen LogP contribution in [-0.2, 0) is 14.8 Å². The number of rotatable bonds is 2. The van der Waals surface area contributed by atoms with Gasteiger partial charge in [-0.05, 0) is 32.0 Å². The summed E-state index contributed by atoms with van der Waals surface area (Å²) in [6.45, 7) is 4.50. The molecule has 0 bridgehead atoms. The number of morpholine rings is 1. The molecular formula is C12H18N2O3S. The summed E-state index contributed by atoms with van der Waals surface area (Å²) in [7, 11) is -3.48. The first-order chi connectivity index (χ1) is 8.39. The maximum absolute atomic E-state index is 12.4. The Kier molecular flexibility index (Phi) is 3.61. The van der Waals surface area contributed by atoms with Gasteiger partial charge in [0.25, 0.3) is 0 Å². The van der Waals surface area contributed by atoms with Gasteiger partial charge in [-0.25, -0.2) is 8.42 Å². The van der Waals surface area contributed by atoms with Gasteiger partial charge in [0.15, 0.2) is 0 Å². The van der Waals surface area contributed by atoms with E-state index in [1.807, 2.05) is 13.8 Å². The highest BCUT2D eigenvalue weighted by molar-refractivity contribution is 7.89. The van der Waals surface area contributed by atoms with Crippen LogP contribution in [0, 0.1) is 0 Å². The second kappa shape index (κ2) is 4.87. The molecule has 1 aromatic carbocycles. The molecular weight excluding hydrogens is 252 g/mol. The monoisotopic (exact) mass is 270 g/mol. The van der Waals surface area contributed by atoms with Gasteiger partial charge in [-0.15, -0.1) is 0 Å². The molecule has 0 radical (unpaired) electrons. The summed E-state index contributed by atoms with van der Waals surface area (Å²) < 4.78 is 31.9. The first-order valence-corrected chi connectivity index (χ1v) is 7.35. The van der Waals surface area contributed by atoms with Gasteiger partial charge >= 0.3 is 0 Å². The highest BCUT2D eigenvalue weighted by atomic mass is 32.2. The number of nitrogen functional groups attached to an aromatic ring is 1. The maximum atomic E-state index is 12.4. The van der Waals surface area contributed by atoms with Crippen LogP contribution in [0.5, 0.6) is 0 Å². The fraction of sp³-hybridized carbons (Fsp3) is 0.500. The van der Waals surface area contributed by atoms with Crippen LogP contribution in [-0.4, -0.2) is 38.0 Å². The fourth-order valence-corrected chi connectivity index (χ4v) is 3.80. The molecule has 18 heavy (non-hydrogen) atoms. The first-order valence-electron chi connectivity index (χ1n) is 5.91.